The first-order valence-corrected chi connectivity index (χ1v) is 8.60. The Morgan fingerprint density at radius 2 is 1.77 bits per heavy atom. The Labute approximate surface area is 154 Å². The number of hydrogen-bond acceptors (Lipinski definition) is 4. The van der Waals surface area contributed by atoms with Crippen molar-refractivity contribution >= 4 is 17.6 Å². The van der Waals surface area contributed by atoms with Crippen LogP contribution in [0.1, 0.15) is 37.3 Å². The average molecular weight is 355 g/mol. The molecular weight excluding hydrogens is 330 g/mol. The third-order valence-corrected chi connectivity index (χ3v) is 4.13. The highest BCUT2D eigenvalue weighted by Crippen LogP contribution is 2.25. The van der Waals surface area contributed by atoms with Crippen molar-refractivity contribution in [3.8, 4) is 5.75 Å². The number of esters is 1. The molecule has 2 aromatic carbocycles. The molecule has 2 atom stereocenters. The summed E-state index contributed by atoms with van der Waals surface area (Å²) in [4.78, 5) is 24.5. The molecule has 0 saturated carbocycles. The molecule has 0 saturated heterocycles. The van der Waals surface area contributed by atoms with Crippen LogP contribution in [-0.4, -0.2) is 25.1 Å². The van der Waals surface area contributed by atoms with Crippen LogP contribution in [-0.2, 0) is 14.3 Å². The van der Waals surface area contributed by atoms with Crippen molar-refractivity contribution in [2.75, 3.05) is 12.4 Å². The molecule has 0 spiro atoms. The highest BCUT2D eigenvalue weighted by Gasteiger charge is 2.21. The van der Waals surface area contributed by atoms with Gasteiger partial charge in [-0.05, 0) is 43.0 Å². The largest absolute Gasteiger partial charge is 0.495 e. The number of methoxy groups -OCH3 is 1. The van der Waals surface area contributed by atoms with Gasteiger partial charge in [0.15, 0.2) is 6.10 Å². The van der Waals surface area contributed by atoms with Crippen LogP contribution in [0.15, 0.2) is 48.5 Å². The zero-order valence-electron chi connectivity index (χ0n) is 15.6. The Morgan fingerprint density at radius 1 is 1.08 bits per heavy atom. The summed E-state index contributed by atoms with van der Waals surface area (Å²) in [5.74, 6) is -0.217. The molecule has 2 aromatic rings. The number of carbonyl (C=O) groups excluding carboxylic acids is 2. The van der Waals surface area contributed by atoms with Gasteiger partial charge < -0.3 is 14.8 Å². The van der Waals surface area contributed by atoms with Gasteiger partial charge in [-0.25, -0.2) is 0 Å². The van der Waals surface area contributed by atoms with Crippen molar-refractivity contribution in [3.05, 3.63) is 59.7 Å². The van der Waals surface area contributed by atoms with E-state index >= 15 is 0 Å². The lowest BCUT2D eigenvalue weighted by Gasteiger charge is -2.17. The molecule has 0 unspecified atom stereocenters. The van der Waals surface area contributed by atoms with Crippen LogP contribution in [0.25, 0.3) is 0 Å². The fourth-order valence-corrected chi connectivity index (χ4v) is 2.60. The molecular formula is C21H25NO4. The number of rotatable bonds is 7. The number of ether oxygens (including phenoxy) is 2. The van der Waals surface area contributed by atoms with Gasteiger partial charge in [0, 0.05) is 0 Å². The summed E-state index contributed by atoms with van der Waals surface area (Å²) < 4.78 is 10.5. The third-order valence-electron chi connectivity index (χ3n) is 4.13. The van der Waals surface area contributed by atoms with Crippen molar-refractivity contribution in [1.82, 2.24) is 0 Å². The highest BCUT2D eigenvalue weighted by molar-refractivity contribution is 5.96. The molecule has 1 amide bonds. The minimum absolute atomic E-state index is 0.0239. The molecule has 0 aliphatic rings. The van der Waals surface area contributed by atoms with Gasteiger partial charge in [0.05, 0.1) is 19.2 Å². The summed E-state index contributed by atoms with van der Waals surface area (Å²) >= 11 is 0. The van der Waals surface area contributed by atoms with E-state index in [0.29, 0.717) is 11.4 Å². The van der Waals surface area contributed by atoms with Gasteiger partial charge >= 0.3 is 5.97 Å². The minimum atomic E-state index is -0.893. The van der Waals surface area contributed by atoms with Crippen molar-refractivity contribution in [2.45, 2.75) is 39.2 Å². The quantitative estimate of drug-likeness (QED) is 0.761. The Bertz CT molecular complexity index is 758. The maximum Gasteiger partial charge on any atom is 0.307 e. The molecule has 5 nitrogen and oxygen atoms in total. The van der Waals surface area contributed by atoms with E-state index < -0.39 is 18.0 Å². The van der Waals surface area contributed by atoms with Crippen LogP contribution in [0.2, 0.25) is 0 Å². The lowest BCUT2D eigenvalue weighted by molar-refractivity contribution is -0.153. The fraction of sp³-hybridized carbons (Fsp3) is 0.333. The second-order valence-electron chi connectivity index (χ2n) is 6.34. The normalized spacial score (nSPS) is 12.8. The predicted octanol–water partition coefficient (Wildman–Crippen LogP) is 4.07. The van der Waals surface area contributed by atoms with E-state index in [-0.39, 0.29) is 12.3 Å². The van der Waals surface area contributed by atoms with Crippen molar-refractivity contribution < 1.29 is 19.1 Å². The molecule has 5 heteroatoms. The van der Waals surface area contributed by atoms with E-state index in [0.717, 1.165) is 11.1 Å². The highest BCUT2D eigenvalue weighted by atomic mass is 16.5. The molecule has 0 aliphatic carbocycles. The van der Waals surface area contributed by atoms with E-state index in [4.69, 9.17) is 9.47 Å². The van der Waals surface area contributed by atoms with Gasteiger partial charge in [-0.15, -0.1) is 0 Å². The number of nitrogens with one attached hydrogen (secondary N) is 1. The van der Waals surface area contributed by atoms with Gasteiger partial charge in [0.2, 0.25) is 0 Å². The molecule has 26 heavy (non-hydrogen) atoms. The lowest BCUT2D eigenvalue weighted by atomic mass is 9.98. The topological polar surface area (TPSA) is 64.6 Å². The third kappa shape index (κ3) is 5.34. The number of amides is 1. The molecule has 0 heterocycles. The van der Waals surface area contributed by atoms with Gasteiger partial charge in [0.1, 0.15) is 5.75 Å². The monoisotopic (exact) mass is 355 g/mol. The molecule has 0 fully saturated rings. The molecule has 0 radical (unpaired) electrons. The number of aryl methyl sites for hydroxylation is 1. The zero-order chi connectivity index (χ0) is 19.1. The summed E-state index contributed by atoms with van der Waals surface area (Å²) in [5.41, 5.74) is 2.60. The van der Waals surface area contributed by atoms with Crippen molar-refractivity contribution in [3.63, 3.8) is 0 Å². The summed E-state index contributed by atoms with van der Waals surface area (Å²) in [5, 5.41) is 2.75. The molecule has 0 aliphatic heterocycles. The lowest BCUT2D eigenvalue weighted by Crippen LogP contribution is -2.30. The average Bonchev–Trinajstić information content (AvgIpc) is 2.62. The SMILES string of the molecule is COc1ccc(C)cc1NC(=O)[C@H](C)OC(=O)C[C@@H](C)c1ccccc1. The van der Waals surface area contributed by atoms with Crippen LogP contribution in [0.4, 0.5) is 5.69 Å². The number of hydrogen-bond donors (Lipinski definition) is 1. The Hall–Kier alpha value is -2.82. The van der Waals surface area contributed by atoms with Crippen LogP contribution in [0.5, 0.6) is 5.75 Å². The molecule has 2 rings (SSSR count). The summed E-state index contributed by atoms with van der Waals surface area (Å²) in [7, 11) is 1.54. The van der Waals surface area contributed by atoms with Crippen LogP contribution < -0.4 is 10.1 Å². The fourth-order valence-electron chi connectivity index (χ4n) is 2.60. The second kappa shape index (κ2) is 9.04. The van der Waals surface area contributed by atoms with Gasteiger partial charge in [-0.3, -0.25) is 9.59 Å². The first kappa shape index (κ1) is 19.5. The minimum Gasteiger partial charge on any atom is -0.495 e. The van der Waals surface area contributed by atoms with Gasteiger partial charge in [-0.2, -0.15) is 0 Å². The van der Waals surface area contributed by atoms with Crippen LogP contribution in [0.3, 0.4) is 0 Å². The second-order valence-corrected chi connectivity index (χ2v) is 6.34. The molecule has 138 valence electrons. The summed E-state index contributed by atoms with van der Waals surface area (Å²) in [6.07, 6.45) is -0.675. The van der Waals surface area contributed by atoms with Crippen LogP contribution >= 0.6 is 0 Å². The Balaban J connectivity index is 1.92. The van der Waals surface area contributed by atoms with Gasteiger partial charge in [-0.1, -0.05) is 43.3 Å². The maximum atomic E-state index is 12.3. The van der Waals surface area contributed by atoms with E-state index in [1.807, 2.05) is 56.3 Å². The van der Waals surface area contributed by atoms with E-state index in [1.165, 1.54) is 7.11 Å². The summed E-state index contributed by atoms with van der Waals surface area (Å²) in [6, 6.07) is 15.2. The Kier molecular flexibility index (Phi) is 6.78. The van der Waals surface area contributed by atoms with E-state index in [9.17, 15) is 9.59 Å². The first-order valence-electron chi connectivity index (χ1n) is 8.60. The first-order chi connectivity index (χ1) is 12.4. The number of anilines is 1. The molecule has 1 N–H and O–H groups in total. The zero-order valence-corrected chi connectivity index (χ0v) is 15.6. The number of carbonyl (C=O) groups is 2. The smallest absolute Gasteiger partial charge is 0.307 e. The van der Waals surface area contributed by atoms with Gasteiger partial charge in [0.25, 0.3) is 5.91 Å². The van der Waals surface area contributed by atoms with Crippen molar-refractivity contribution in [1.29, 1.82) is 0 Å². The standard InChI is InChI=1S/C21H25NO4/c1-14-10-11-19(25-4)18(12-14)22-21(24)16(3)26-20(23)13-15(2)17-8-6-5-7-9-17/h5-12,15-16H,13H2,1-4H3,(H,22,24)/t15-,16+/m1/s1. The predicted molar refractivity (Wildman–Crippen MR) is 101 cm³/mol. The summed E-state index contributed by atoms with van der Waals surface area (Å²) in [6.45, 7) is 5.44. The molecule has 0 aromatic heterocycles. The van der Waals surface area contributed by atoms with Crippen molar-refractivity contribution in [2.24, 2.45) is 0 Å². The van der Waals surface area contributed by atoms with E-state index in [2.05, 4.69) is 5.32 Å². The molecule has 0 bridgehead atoms. The maximum absolute atomic E-state index is 12.3. The van der Waals surface area contributed by atoms with Crippen LogP contribution in [0, 0.1) is 6.92 Å². The van der Waals surface area contributed by atoms with E-state index in [1.54, 1.807) is 13.0 Å². The number of benzene rings is 2. The Morgan fingerprint density at radius 3 is 2.42 bits per heavy atom.